The van der Waals surface area contributed by atoms with Gasteiger partial charge in [0.2, 0.25) is 0 Å². The van der Waals surface area contributed by atoms with Crippen LogP contribution in [0.1, 0.15) is 13.8 Å². The Morgan fingerprint density at radius 3 is 1.33 bits per heavy atom. The van der Waals surface area contributed by atoms with Crippen molar-refractivity contribution in [3.63, 3.8) is 0 Å². The molecule has 86 valence electrons. The topological polar surface area (TPSA) is 0 Å². The molecule has 0 amide bonds. The zero-order valence-corrected chi connectivity index (χ0v) is 15.2. The van der Waals surface area contributed by atoms with Crippen LogP contribution in [-0.4, -0.2) is 22.9 Å². The lowest BCUT2D eigenvalue weighted by Crippen LogP contribution is -2.23. The van der Waals surface area contributed by atoms with Crippen LogP contribution in [0.15, 0.2) is 21.8 Å². The van der Waals surface area contributed by atoms with E-state index in [1.165, 1.54) is 0 Å². The summed E-state index contributed by atoms with van der Waals surface area (Å²) in [5.74, 6) is 0. The van der Waals surface area contributed by atoms with E-state index in [1.807, 2.05) is 13.8 Å². The standard InChI is InChI=1S/C8H14Cl4Si3/c1-7(13(9)10)5-15(3,4)6-8(2)14(11)12/h5-6H,1-4H3. The molecule has 0 aliphatic heterocycles. The van der Waals surface area contributed by atoms with Gasteiger partial charge in [-0.2, -0.15) is 0 Å². The van der Waals surface area contributed by atoms with Crippen molar-refractivity contribution in [2.24, 2.45) is 0 Å². The first-order valence-electron chi connectivity index (χ1n) is 4.41. The van der Waals surface area contributed by atoms with Crippen molar-refractivity contribution in [2.45, 2.75) is 26.9 Å². The van der Waals surface area contributed by atoms with E-state index in [2.05, 4.69) is 24.5 Å². The minimum atomic E-state index is -1.57. The Balaban J connectivity index is 4.85. The summed E-state index contributed by atoms with van der Waals surface area (Å²) in [6, 6.07) is 0. The SMILES string of the molecule is CC(=C[Si](C)(C)C=C(C)[Si](Cl)Cl)[Si](Cl)Cl. The van der Waals surface area contributed by atoms with Gasteiger partial charge in [-0.15, -0.1) is 44.3 Å². The molecule has 0 aliphatic rings. The van der Waals surface area contributed by atoms with Crippen molar-refractivity contribution in [1.82, 2.24) is 0 Å². The van der Waals surface area contributed by atoms with Gasteiger partial charge >= 0.3 is 14.8 Å². The molecule has 0 aliphatic carbocycles. The molecule has 0 bridgehead atoms. The molecule has 0 N–H and O–H groups in total. The Morgan fingerprint density at radius 2 is 1.13 bits per heavy atom. The first-order valence-corrected chi connectivity index (χ1v) is 14.6. The van der Waals surface area contributed by atoms with Gasteiger partial charge in [0.05, 0.1) is 8.07 Å². The van der Waals surface area contributed by atoms with E-state index in [0.717, 1.165) is 10.4 Å². The highest BCUT2D eigenvalue weighted by Crippen LogP contribution is 2.18. The Labute approximate surface area is 115 Å². The van der Waals surface area contributed by atoms with Gasteiger partial charge in [-0.1, -0.05) is 34.9 Å². The van der Waals surface area contributed by atoms with Crippen LogP contribution in [-0.2, 0) is 0 Å². The maximum atomic E-state index is 5.89. The third-order valence-corrected chi connectivity index (χ3v) is 9.76. The van der Waals surface area contributed by atoms with E-state index in [0.29, 0.717) is 0 Å². The van der Waals surface area contributed by atoms with Crippen LogP contribution in [0.25, 0.3) is 0 Å². The number of rotatable bonds is 4. The molecule has 2 radical (unpaired) electrons. The predicted molar refractivity (Wildman–Crippen MR) is 79.9 cm³/mol. The average molecular weight is 336 g/mol. The van der Waals surface area contributed by atoms with E-state index in [9.17, 15) is 0 Å². The summed E-state index contributed by atoms with van der Waals surface area (Å²) >= 11 is 23.6. The number of hydrogen-bond donors (Lipinski definition) is 0. The van der Waals surface area contributed by atoms with Crippen molar-refractivity contribution in [3.8, 4) is 0 Å². The molecule has 0 aromatic heterocycles. The Kier molecular flexibility index (Phi) is 7.48. The van der Waals surface area contributed by atoms with E-state index >= 15 is 0 Å². The first-order chi connectivity index (χ1) is 6.65. The lowest BCUT2D eigenvalue weighted by molar-refractivity contribution is 1.62. The fourth-order valence-corrected chi connectivity index (χ4v) is 8.65. The van der Waals surface area contributed by atoms with Crippen molar-refractivity contribution >= 4 is 67.2 Å². The van der Waals surface area contributed by atoms with E-state index in [-0.39, 0.29) is 0 Å². The molecular weight excluding hydrogens is 322 g/mol. The Bertz CT molecular complexity index is 245. The lowest BCUT2D eigenvalue weighted by Gasteiger charge is -2.16. The van der Waals surface area contributed by atoms with Gasteiger partial charge in [0, 0.05) is 0 Å². The summed E-state index contributed by atoms with van der Waals surface area (Å²) in [5, 5.41) is 2.20. The van der Waals surface area contributed by atoms with Crippen LogP contribution in [0.3, 0.4) is 0 Å². The van der Waals surface area contributed by atoms with Gasteiger partial charge in [-0.25, -0.2) is 0 Å². The molecule has 0 heterocycles. The van der Waals surface area contributed by atoms with Gasteiger partial charge in [0.1, 0.15) is 0 Å². The number of hydrogen-bond acceptors (Lipinski definition) is 0. The maximum Gasteiger partial charge on any atom is 0.302 e. The highest BCUT2D eigenvalue weighted by atomic mass is 35.7. The summed E-state index contributed by atoms with van der Waals surface area (Å²) < 4.78 is 0. The summed E-state index contributed by atoms with van der Waals surface area (Å²) in [7, 11) is -4.26. The maximum absolute atomic E-state index is 5.89. The zero-order chi connectivity index (χ0) is 12.2. The van der Waals surface area contributed by atoms with Crippen molar-refractivity contribution in [1.29, 1.82) is 0 Å². The summed E-state index contributed by atoms with van der Waals surface area (Å²) in [5.41, 5.74) is 4.42. The Morgan fingerprint density at radius 1 is 0.867 bits per heavy atom. The average Bonchev–Trinajstić information content (AvgIpc) is 2.01. The monoisotopic (exact) mass is 334 g/mol. The molecule has 0 aromatic rings. The second-order valence-corrected chi connectivity index (χ2v) is 16.5. The summed E-state index contributed by atoms with van der Waals surface area (Å²) in [6.07, 6.45) is 0. The fourth-order valence-electron chi connectivity index (χ4n) is 1.27. The molecule has 0 aromatic carbocycles. The zero-order valence-electron chi connectivity index (χ0n) is 9.17. The molecule has 0 nitrogen and oxygen atoms in total. The second kappa shape index (κ2) is 6.89. The van der Waals surface area contributed by atoms with Crippen molar-refractivity contribution in [3.05, 3.63) is 21.8 Å². The van der Waals surface area contributed by atoms with Gasteiger partial charge in [-0.05, 0) is 13.8 Å². The van der Waals surface area contributed by atoms with Crippen molar-refractivity contribution in [2.75, 3.05) is 0 Å². The van der Waals surface area contributed by atoms with Crippen LogP contribution in [0, 0.1) is 0 Å². The van der Waals surface area contributed by atoms with Gasteiger partial charge in [0.15, 0.2) is 0 Å². The quantitative estimate of drug-likeness (QED) is 0.517. The van der Waals surface area contributed by atoms with Gasteiger partial charge < -0.3 is 0 Å². The largest absolute Gasteiger partial charge is 0.302 e. The number of allylic oxidation sites excluding steroid dienone is 2. The Hall–Kier alpha value is 1.29. The van der Waals surface area contributed by atoms with Gasteiger partial charge in [-0.3, -0.25) is 0 Å². The highest BCUT2D eigenvalue weighted by molar-refractivity contribution is 7.37. The van der Waals surface area contributed by atoms with Crippen LogP contribution in [0.5, 0.6) is 0 Å². The predicted octanol–water partition coefficient (Wildman–Crippen LogP) is 4.68. The lowest BCUT2D eigenvalue weighted by atomic mass is 10.7. The van der Waals surface area contributed by atoms with Crippen LogP contribution in [0.2, 0.25) is 13.1 Å². The summed E-state index contributed by atoms with van der Waals surface area (Å²) in [6.45, 7) is 8.41. The minimum Gasteiger partial charge on any atom is -0.141 e. The molecule has 0 atom stereocenters. The third-order valence-electron chi connectivity index (χ3n) is 1.77. The van der Waals surface area contributed by atoms with Crippen LogP contribution in [0.4, 0.5) is 0 Å². The molecule has 0 saturated carbocycles. The molecule has 7 heteroatoms. The van der Waals surface area contributed by atoms with E-state index in [1.54, 1.807) is 0 Å². The molecule has 0 spiro atoms. The smallest absolute Gasteiger partial charge is 0.141 e. The second-order valence-electron chi connectivity index (χ2n) is 4.00. The van der Waals surface area contributed by atoms with E-state index < -0.39 is 22.9 Å². The van der Waals surface area contributed by atoms with Gasteiger partial charge in [0.25, 0.3) is 0 Å². The number of halogens is 4. The third kappa shape index (κ3) is 7.26. The van der Waals surface area contributed by atoms with Crippen LogP contribution < -0.4 is 0 Å². The molecule has 15 heavy (non-hydrogen) atoms. The van der Waals surface area contributed by atoms with Crippen molar-refractivity contribution < 1.29 is 0 Å². The molecule has 0 unspecified atom stereocenters. The molecular formula is C8H14Cl4Si3. The molecule has 0 rings (SSSR count). The molecule has 0 fully saturated rings. The first kappa shape index (κ1) is 16.3. The minimum absolute atomic E-state index is 1.10. The van der Waals surface area contributed by atoms with E-state index in [4.69, 9.17) is 44.3 Å². The normalized spacial score (nSPS) is 15.3. The molecule has 0 saturated heterocycles. The summed E-state index contributed by atoms with van der Waals surface area (Å²) in [4.78, 5) is 0. The fraction of sp³-hybridized carbons (Fsp3) is 0.500. The van der Waals surface area contributed by atoms with Crippen LogP contribution >= 0.6 is 44.3 Å². The highest BCUT2D eigenvalue weighted by Gasteiger charge is 2.19.